The van der Waals surface area contributed by atoms with E-state index in [1.807, 2.05) is 0 Å². The predicted octanol–water partition coefficient (Wildman–Crippen LogP) is 2.32. The van der Waals surface area contributed by atoms with E-state index in [1.165, 1.54) is 9.14 Å². The number of nitrogens with one attached hydrogen (secondary N) is 1. The highest BCUT2D eigenvalue weighted by Gasteiger charge is 1.99. The smallest absolute Gasteiger partial charge is 0.0351 e. The van der Waals surface area contributed by atoms with Gasteiger partial charge < -0.3 is 5.32 Å². The van der Waals surface area contributed by atoms with Crippen LogP contribution in [0, 0.1) is 0 Å². The largest absolute Gasteiger partial charge is 0.362 e. The minimum atomic E-state index is 0.123. The molecule has 0 unspecified atom stereocenters. The summed E-state index contributed by atoms with van der Waals surface area (Å²) in [4.78, 5) is 0. The van der Waals surface area contributed by atoms with Gasteiger partial charge in [-0.1, -0.05) is 51.1 Å². The lowest BCUT2D eigenvalue weighted by Crippen LogP contribution is -1.92. The zero-order valence-electron chi connectivity index (χ0n) is 5.92. The summed E-state index contributed by atoms with van der Waals surface area (Å²) in [5.41, 5.74) is 1.36. The van der Waals surface area contributed by atoms with Crippen LogP contribution in [0.2, 0.25) is 0 Å². The van der Waals surface area contributed by atoms with Gasteiger partial charge in [-0.15, -0.1) is 0 Å². The molecule has 2 rings (SSSR count). The third kappa shape index (κ3) is 1.50. The number of rotatable bonds is 1. The van der Waals surface area contributed by atoms with E-state index < -0.39 is 0 Å². The Bertz CT molecular complexity index is 301. The van der Waals surface area contributed by atoms with E-state index in [-0.39, 0.29) is 20.7 Å². The van der Waals surface area contributed by atoms with Gasteiger partial charge in [0.1, 0.15) is 0 Å². The molecule has 1 aliphatic rings. The van der Waals surface area contributed by atoms with Crippen LogP contribution in [0.5, 0.6) is 0 Å². The van der Waals surface area contributed by atoms with E-state index in [2.05, 4.69) is 46.0 Å². The maximum atomic E-state index is 3.13. The van der Waals surface area contributed by atoms with E-state index in [9.17, 15) is 0 Å². The standard InChI is InChI=1S/C9H8IN/c1-2-4-8(5-3-1)9-6-11-7-10-9/h1-7,11H. The molecule has 0 saturated carbocycles. The summed E-state index contributed by atoms with van der Waals surface area (Å²) in [6, 6.07) is 10.5. The molecular formula is C9H8IN. The van der Waals surface area contributed by atoms with E-state index in [4.69, 9.17) is 0 Å². The van der Waals surface area contributed by atoms with Crippen LogP contribution < -0.4 is 5.32 Å². The lowest BCUT2D eigenvalue weighted by atomic mass is 10.2. The maximum absolute atomic E-state index is 3.13. The summed E-state index contributed by atoms with van der Waals surface area (Å²) in [6.45, 7) is 0. The highest BCUT2D eigenvalue weighted by atomic mass is 127. The van der Waals surface area contributed by atoms with Gasteiger partial charge in [0.2, 0.25) is 0 Å². The molecule has 1 heterocycles. The molecular weight excluding hydrogens is 249 g/mol. The first-order chi connectivity index (χ1) is 5.47. The average Bonchev–Trinajstić information content (AvgIpc) is 2.58. The van der Waals surface area contributed by atoms with Crippen molar-refractivity contribution in [3.8, 4) is 0 Å². The van der Waals surface area contributed by atoms with Gasteiger partial charge in [-0.3, -0.25) is 0 Å². The van der Waals surface area contributed by atoms with Crippen molar-refractivity contribution in [1.82, 2.24) is 5.32 Å². The first kappa shape index (κ1) is 7.03. The summed E-state index contributed by atoms with van der Waals surface area (Å²) >= 11 is 0.123. The molecule has 0 saturated heterocycles. The van der Waals surface area contributed by atoms with Crippen LogP contribution in [-0.2, 0) is 0 Å². The van der Waals surface area contributed by atoms with Gasteiger partial charge in [-0.25, -0.2) is 0 Å². The monoisotopic (exact) mass is 257 g/mol. The second-order valence-corrected chi connectivity index (χ2v) is 4.65. The van der Waals surface area contributed by atoms with Crippen LogP contribution in [-0.4, -0.2) is 4.14 Å². The number of benzene rings is 1. The molecule has 0 aromatic heterocycles. The minimum Gasteiger partial charge on any atom is -0.362 e. The van der Waals surface area contributed by atoms with Gasteiger partial charge >= 0.3 is 0 Å². The quantitative estimate of drug-likeness (QED) is 0.761. The predicted molar refractivity (Wildman–Crippen MR) is 57.6 cm³/mol. The fourth-order valence-electron chi connectivity index (χ4n) is 0.970. The number of hydrogen-bond donors (Lipinski definition) is 1. The Labute approximate surface area is 75.9 Å². The number of halogens is 1. The molecule has 1 nitrogen and oxygen atoms in total. The van der Waals surface area contributed by atoms with E-state index in [0.29, 0.717) is 0 Å². The molecule has 1 aliphatic heterocycles. The molecule has 0 radical (unpaired) electrons. The van der Waals surface area contributed by atoms with E-state index in [0.717, 1.165) is 0 Å². The van der Waals surface area contributed by atoms with Crippen LogP contribution in [0.25, 0.3) is 3.58 Å². The van der Waals surface area contributed by atoms with Gasteiger partial charge in [0, 0.05) is 13.9 Å². The van der Waals surface area contributed by atoms with Crippen molar-refractivity contribution < 1.29 is 0 Å². The SMILES string of the molecule is C1=IC(c2ccccc2)=CN1. The van der Waals surface area contributed by atoms with Crippen molar-refractivity contribution in [2.75, 3.05) is 0 Å². The van der Waals surface area contributed by atoms with Gasteiger partial charge in [-0.05, 0) is 5.56 Å². The molecule has 0 fully saturated rings. The van der Waals surface area contributed by atoms with Crippen LogP contribution in [0.15, 0.2) is 36.5 Å². The topological polar surface area (TPSA) is 12.0 Å². The lowest BCUT2D eigenvalue weighted by molar-refractivity contribution is 1.37. The second kappa shape index (κ2) is 3.17. The van der Waals surface area contributed by atoms with Crippen LogP contribution in [0.3, 0.4) is 0 Å². The van der Waals surface area contributed by atoms with Crippen molar-refractivity contribution >= 4 is 28.4 Å². The summed E-state index contributed by atoms with van der Waals surface area (Å²) in [7, 11) is 0. The van der Waals surface area contributed by atoms with Crippen molar-refractivity contribution in [3.05, 3.63) is 42.1 Å². The molecule has 2 heteroatoms. The molecule has 1 aromatic carbocycles. The molecule has 0 bridgehead atoms. The van der Waals surface area contributed by atoms with Crippen molar-refractivity contribution in [3.63, 3.8) is 0 Å². The summed E-state index contributed by atoms with van der Waals surface area (Å²) < 4.78 is 3.64. The molecule has 0 aliphatic carbocycles. The zero-order chi connectivity index (χ0) is 7.52. The van der Waals surface area contributed by atoms with Crippen LogP contribution >= 0.6 is 20.7 Å². The fourth-order valence-corrected chi connectivity index (χ4v) is 2.74. The normalized spacial score (nSPS) is 15.1. The van der Waals surface area contributed by atoms with Crippen molar-refractivity contribution in [1.29, 1.82) is 0 Å². The summed E-state index contributed by atoms with van der Waals surface area (Å²) in [5, 5.41) is 3.13. The molecule has 0 spiro atoms. The summed E-state index contributed by atoms with van der Waals surface area (Å²) in [6.07, 6.45) is 2.10. The maximum Gasteiger partial charge on any atom is 0.0351 e. The Kier molecular flexibility index (Phi) is 2.03. The highest BCUT2D eigenvalue weighted by molar-refractivity contribution is 14.2. The van der Waals surface area contributed by atoms with Crippen LogP contribution in [0.1, 0.15) is 5.56 Å². The van der Waals surface area contributed by atoms with Crippen molar-refractivity contribution in [2.24, 2.45) is 0 Å². The number of hydrogen-bond acceptors (Lipinski definition) is 1. The molecule has 1 N–H and O–H groups in total. The zero-order valence-corrected chi connectivity index (χ0v) is 8.08. The highest BCUT2D eigenvalue weighted by Crippen LogP contribution is 2.27. The first-order valence-electron chi connectivity index (χ1n) is 3.43. The lowest BCUT2D eigenvalue weighted by Gasteiger charge is -1.95. The van der Waals surface area contributed by atoms with Crippen molar-refractivity contribution in [2.45, 2.75) is 0 Å². The molecule has 0 amide bonds. The van der Waals surface area contributed by atoms with E-state index in [1.54, 1.807) is 0 Å². The molecule has 56 valence electrons. The summed E-state index contributed by atoms with van der Waals surface area (Å²) in [5.74, 6) is 0. The van der Waals surface area contributed by atoms with Crippen LogP contribution in [0.4, 0.5) is 0 Å². The Hall–Kier alpha value is -0.640. The van der Waals surface area contributed by atoms with E-state index >= 15 is 0 Å². The molecule has 0 atom stereocenters. The fraction of sp³-hybridized carbons (Fsp3) is 0. The Balaban J connectivity index is 2.37. The third-order valence-electron chi connectivity index (χ3n) is 1.49. The molecule has 1 aromatic rings. The Morgan fingerprint density at radius 2 is 1.91 bits per heavy atom. The van der Waals surface area contributed by atoms with Gasteiger partial charge in [0.05, 0.1) is 0 Å². The van der Waals surface area contributed by atoms with Gasteiger partial charge in [0.15, 0.2) is 0 Å². The Morgan fingerprint density at radius 3 is 2.55 bits per heavy atom. The molecule has 11 heavy (non-hydrogen) atoms. The Morgan fingerprint density at radius 1 is 1.09 bits per heavy atom. The third-order valence-corrected chi connectivity index (χ3v) is 3.77. The van der Waals surface area contributed by atoms with Gasteiger partial charge in [-0.2, -0.15) is 0 Å². The average molecular weight is 257 g/mol. The second-order valence-electron chi connectivity index (χ2n) is 2.24. The van der Waals surface area contributed by atoms with Gasteiger partial charge in [0.25, 0.3) is 0 Å². The minimum absolute atomic E-state index is 0.123. The first-order valence-corrected chi connectivity index (χ1v) is 5.76.